The number of pyridine rings is 1. The molecule has 0 aliphatic rings. The summed E-state index contributed by atoms with van der Waals surface area (Å²) in [6.45, 7) is 1.69. The number of imidazole rings is 1. The zero-order valence-corrected chi connectivity index (χ0v) is 13.8. The average Bonchev–Trinajstić information content (AvgIpc) is 3.11. The lowest BCUT2D eigenvalue weighted by Gasteiger charge is -2.02. The number of para-hydroxylation sites is 2. The summed E-state index contributed by atoms with van der Waals surface area (Å²) in [4.78, 5) is 21.6. The van der Waals surface area contributed by atoms with Crippen molar-refractivity contribution in [1.82, 2.24) is 14.4 Å². The highest BCUT2D eigenvalue weighted by molar-refractivity contribution is 7.16. The van der Waals surface area contributed by atoms with Crippen LogP contribution in [0.1, 0.15) is 16.0 Å². The van der Waals surface area contributed by atoms with Gasteiger partial charge in [-0.05, 0) is 30.7 Å². The van der Waals surface area contributed by atoms with Gasteiger partial charge < -0.3 is 10.8 Å². The number of fused-ring (bicyclic) bond motifs is 3. The van der Waals surface area contributed by atoms with Crippen LogP contribution in [0, 0.1) is 18.3 Å². The van der Waals surface area contributed by atoms with Crippen molar-refractivity contribution in [2.24, 2.45) is 0 Å². The van der Waals surface area contributed by atoms with E-state index >= 15 is 0 Å². The molecule has 0 radical (unpaired) electrons. The van der Waals surface area contributed by atoms with E-state index in [-0.39, 0.29) is 16.6 Å². The molecule has 0 fully saturated rings. The largest absolute Gasteiger partial charge is 0.492 e. The van der Waals surface area contributed by atoms with Gasteiger partial charge in [-0.25, -0.2) is 4.98 Å². The summed E-state index contributed by atoms with van der Waals surface area (Å²) in [6, 6.07) is 9.33. The molecule has 4 rings (SSSR count). The van der Waals surface area contributed by atoms with Crippen LogP contribution in [-0.4, -0.2) is 19.5 Å². The van der Waals surface area contributed by atoms with Crippen LogP contribution >= 0.6 is 11.3 Å². The summed E-state index contributed by atoms with van der Waals surface area (Å²) in [5.41, 5.74) is 7.70. The van der Waals surface area contributed by atoms with Gasteiger partial charge in [0.2, 0.25) is 5.88 Å². The Bertz CT molecular complexity index is 1310. The second kappa shape index (κ2) is 5.29. The number of nitriles is 1. The Morgan fingerprint density at radius 1 is 1.36 bits per heavy atom. The van der Waals surface area contributed by atoms with E-state index in [9.17, 15) is 15.2 Å². The minimum atomic E-state index is -0.313. The number of nitrogen functional groups attached to an aromatic ring is 1. The molecule has 1 aromatic carbocycles. The first-order chi connectivity index (χ1) is 12.0. The first-order valence-electron chi connectivity index (χ1n) is 7.32. The summed E-state index contributed by atoms with van der Waals surface area (Å²) < 4.78 is 1.42. The van der Waals surface area contributed by atoms with Gasteiger partial charge in [0.05, 0.1) is 21.5 Å². The van der Waals surface area contributed by atoms with Gasteiger partial charge in [-0.2, -0.15) is 10.2 Å². The van der Waals surface area contributed by atoms with E-state index in [1.807, 2.05) is 6.07 Å². The predicted octanol–water partition coefficient (Wildman–Crippen LogP) is 1.32. The smallest absolute Gasteiger partial charge is 0.264 e. The molecule has 0 bridgehead atoms. The third-order valence-electron chi connectivity index (χ3n) is 4.04. The van der Waals surface area contributed by atoms with Crippen LogP contribution in [0.25, 0.3) is 22.8 Å². The zero-order chi connectivity index (χ0) is 17.7. The molecular weight excluding hydrogens is 338 g/mol. The maximum atomic E-state index is 13.1. The van der Waals surface area contributed by atoms with Gasteiger partial charge in [0.1, 0.15) is 6.07 Å². The van der Waals surface area contributed by atoms with Gasteiger partial charge in [-0.15, -0.1) is 0 Å². The molecule has 0 unspecified atom stereocenters. The number of nitrogens with zero attached hydrogens (tertiary/aromatic N) is 4. The fraction of sp³-hybridized carbons (Fsp3) is 0.0588. The lowest BCUT2D eigenvalue weighted by Crippen LogP contribution is -2.34. The quantitative estimate of drug-likeness (QED) is 0.535. The van der Waals surface area contributed by atoms with E-state index in [1.54, 1.807) is 25.1 Å². The van der Waals surface area contributed by atoms with Crippen molar-refractivity contribution in [1.29, 1.82) is 5.26 Å². The van der Waals surface area contributed by atoms with Crippen LogP contribution in [0.15, 0.2) is 29.1 Å². The summed E-state index contributed by atoms with van der Waals surface area (Å²) in [6.07, 6.45) is 1.51. The van der Waals surface area contributed by atoms with Crippen molar-refractivity contribution >= 4 is 39.2 Å². The van der Waals surface area contributed by atoms with Crippen molar-refractivity contribution in [3.8, 4) is 11.9 Å². The fourth-order valence-electron chi connectivity index (χ4n) is 2.85. The molecule has 0 atom stereocenters. The summed E-state index contributed by atoms with van der Waals surface area (Å²) >= 11 is 1.07. The Morgan fingerprint density at radius 3 is 2.80 bits per heavy atom. The van der Waals surface area contributed by atoms with E-state index in [0.29, 0.717) is 37.9 Å². The van der Waals surface area contributed by atoms with Crippen molar-refractivity contribution in [3.05, 3.63) is 55.8 Å². The zero-order valence-electron chi connectivity index (χ0n) is 13.0. The van der Waals surface area contributed by atoms with Crippen LogP contribution in [-0.2, 0) is 0 Å². The number of aromatic nitrogens is 3. The Morgan fingerprint density at radius 2 is 2.12 bits per heavy atom. The standard InChI is InChI=1S/C17H11N5O2S/c1-8-9(6-13-15(23)21-17(19)25-13)16(24)22-12-5-3-2-4-11(12)20-14(22)10(8)7-18/h2-6,23H,1H3,(H2,19,21). The monoisotopic (exact) mass is 349 g/mol. The number of thiazole rings is 1. The highest BCUT2D eigenvalue weighted by Crippen LogP contribution is 2.26. The molecule has 0 saturated heterocycles. The number of hydrogen-bond acceptors (Lipinski definition) is 7. The van der Waals surface area contributed by atoms with Crippen LogP contribution < -0.4 is 16.5 Å². The Hall–Kier alpha value is -3.44. The van der Waals surface area contributed by atoms with E-state index in [2.05, 4.69) is 16.0 Å². The SMILES string of the molecule is Cc1c(C#N)c2nc3ccccc3n2c(=O)c1=Cc1sc(N)nc1O. The topological polar surface area (TPSA) is 117 Å². The number of nitrogens with two attached hydrogens (primary N) is 1. The van der Waals surface area contributed by atoms with Crippen molar-refractivity contribution in [2.75, 3.05) is 5.73 Å². The summed E-state index contributed by atoms with van der Waals surface area (Å²) in [7, 11) is 0. The highest BCUT2D eigenvalue weighted by Gasteiger charge is 2.16. The minimum absolute atomic E-state index is 0.198. The van der Waals surface area contributed by atoms with Gasteiger partial charge in [0.15, 0.2) is 10.8 Å². The normalized spacial score (nSPS) is 12.1. The fourth-order valence-corrected chi connectivity index (χ4v) is 3.52. The van der Waals surface area contributed by atoms with Crippen molar-refractivity contribution in [2.45, 2.75) is 6.92 Å². The minimum Gasteiger partial charge on any atom is -0.492 e. The molecule has 3 aromatic heterocycles. The number of rotatable bonds is 1. The molecule has 25 heavy (non-hydrogen) atoms. The number of benzene rings is 1. The molecule has 0 aliphatic carbocycles. The third-order valence-corrected chi connectivity index (χ3v) is 4.86. The van der Waals surface area contributed by atoms with Gasteiger partial charge in [-0.1, -0.05) is 23.5 Å². The molecule has 0 spiro atoms. The molecule has 7 nitrogen and oxygen atoms in total. The van der Waals surface area contributed by atoms with Crippen molar-refractivity contribution in [3.63, 3.8) is 0 Å². The van der Waals surface area contributed by atoms with Crippen molar-refractivity contribution < 1.29 is 5.11 Å². The lowest BCUT2D eigenvalue weighted by molar-refractivity contribution is 0.457. The van der Waals surface area contributed by atoms with E-state index in [4.69, 9.17) is 5.73 Å². The van der Waals surface area contributed by atoms with E-state index < -0.39 is 0 Å². The first kappa shape index (κ1) is 15.1. The van der Waals surface area contributed by atoms with Crippen LogP contribution in [0.3, 0.4) is 0 Å². The lowest BCUT2D eigenvalue weighted by atomic mass is 10.1. The number of anilines is 1. The molecule has 3 heterocycles. The van der Waals surface area contributed by atoms with Crippen LogP contribution in [0.5, 0.6) is 5.88 Å². The molecule has 3 N–H and O–H groups in total. The molecular formula is C17H11N5O2S. The third kappa shape index (κ3) is 2.14. The predicted molar refractivity (Wildman–Crippen MR) is 95.4 cm³/mol. The molecule has 8 heteroatoms. The maximum absolute atomic E-state index is 13.1. The molecule has 0 aliphatic heterocycles. The second-order valence-electron chi connectivity index (χ2n) is 5.47. The molecule has 0 saturated carbocycles. The molecule has 4 aromatic rings. The van der Waals surface area contributed by atoms with Gasteiger partial charge >= 0.3 is 0 Å². The molecule has 122 valence electrons. The van der Waals surface area contributed by atoms with Gasteiger partial charge in [-0.3, -0.25) is 9.20 Å². The Kier molecular flexibility index (Phi) is 3.20. The first-order valence-corrected chi connectivity index (χ1v) is 8.13. The van der Waals surface area contributed by atoms with Gasteiger partial charge in [0.25, 0.3) is 5.56 Å². The van der Waals surface area contributed by atoms with Crippen LogP contribution in [0.2, 0.25) is 0 Å². The van der Waals surface area contributed by atoms with Gasteiger partial charge in [0, 0.05) is 5.22 Å². The van der Waals surface area contributed by atoms with E-state index in [0.717, 1.165) is 11.3 Å². The van der Waals surface area contributed by atoms with Crippen LogP contribution in [0.4, 0.5) is 5.13 Å². The maximum Gasteiger partial charge on any atom is 0.264 e. The summed E-state index contributed by atoms with van der Waals surface area (Å²) in [5.74, 6) is -0.240. The Labute approximate surface area is 144 Å². The highest BCUT2D eigenvalue weighted by atomic mass is 32.1. The number of aromatic hydroxyl groups is 1. The summed E-state index contributed by atoms with van der Waals surface area (Å²) in [5, 5.41) is 19.9. The number of hydrogen-bond donors (Lipinski definition) is 2. The molecule has 0 amide bonds. The Balaban J connectivity index is 2.23. The second-order valence-corrected chi connectivity index (χ2v) is 6.54. The average molecular weight is 349 g/mol. The van der Waals surface area contributed by atoms with E-state index in [1.165, 1.54) is 10.5 Å².